The van der Waals surface area contributed by atoms with E-state index in [0.29, 0.717) is 16.5 Å². The molecule has 0 saturated heterocycles. The molecular weight excluding hydrogens is 568 g/mol. The van der Waals surface area contributed by atoms with Gasteiger partial charge >= 0.3 is 11.9 Å². The van der Waals surface area contributed by atoms with E-state index in [1.165, 1.54) is 36.0 Å². The van der Waals surface area contributed by atoms with Crippen LogP contribution in [-0.4, -0.2) is 50.2 Å². The summed E-state index contributed by atoms with van der Waals surface area (Å²) in [4.78, 5) is 72.9. The number of phenolic OH excluding ortho intramolecular Hbond substituents is 1. The molecule has 218 valence electrons. The van der Waals surface area contributed by atoms with Gasteiger partial charge < -0.3 is 19.7 Å². The lowest BCUT2D eigenvalue weighted by Gasteiger charge is -2.44. The summed E-state index contributed by atoms with van der Waals surface area (Å²) < 4.78 is 12.7. The van der Waals surface area contributed by atoms with Gasteiger partial charge in [-0.3, -0.25) is 23.7 Å². The highest BCUT2D eigenvalue weighted by molar-refractivity contribution is 6.19. The SMILES string of the molecule is CC(=O)O[C@H]1[C@@H]2C(=O)c3c(C)cc(O)c4c3[C@@]1(COC4=O)c1c2c2c(C)cc(=O)c3c(O)n(-c4ccccn4)cc(c1=O)c23. The maximum atomic E-state index is 14.9. The average molecular weight is 591 g/mol. The predicted molar refractivity (Wildman–Crippen MR) is 155 cm³/mol. The maximum Gasteiger partial charge on any atom is 0.342 e. The van der Waals surface area contributed by atoms with Gasteiger partial charge in [-0.2, -0.15) is 0 Å². The maximum absolute atomic E-state index is 14.9. The first-order chi connectivity index (χ1) is 21.0. The third-order valence-electron chi connectivity index (χ3n) is 9.33. The van der Waals surface area contributed by atoms with Crippen LogP contribution in [0, 0.1) is 13.8 Å². The minimum absolute atomic E-state index is 0.0471. The van der Waals surface area contributed by atoms with Gasteiger partial charge in [0.05, 0.1) is 16.7 Å². The van der Waals surface area contributed by atoms with Crippen molar-refractivity contribution in [3.63, 3.8) is 0 Å². The number of nitrogens with zero attached hydrogens (tertiary/aromatic N) is 2. The van der Waals surface area contributed by atoms with Crippen molar-refractivity contribution in [3.8, 4) is 17.4 Å². The first kappa shape index (κ1) is 26.1. The van der Waals surface area contributed by atoms with Crippen LogP contribution in [0.1, 0.15) is 61.4 Å². The first-order valence-electron chi connectivity index (χ1n) is 13.9. The van der Waals surface area contributed by atoms with Crippen LogP contribution >= 0.6 is 0 Å². The van der Waals surface area contributed by atoms with Crippen molar-refractivity contribution in [3.05, 3.63) is 102 Å². The fourth-order valence-electron chi connectivity index (χ4n) is 7.84. The summed E-state index contributed by atoms with van der Waals surface area (Å²) in [6.45, 7) is 4.03. The van der Waals surface area contributed by atoms with Gasteiger partial charge in [-0.25, -0.2) is 9.78 Å². The lowest BCUT2D eigenvalue weighted by molar-refractivity contribution is -0.150. The largest absolute Gasteiger partial charge is 0.507 e. The molecule has 0 unspecified atom stereocenters. The van der Waals surface area contributed by atoms with Crippen molar-refractivity contribution in [1.82, 2.24) is 9.55 Å². The van der Waals surface area contributed by atoms with Gasteiger partial charge in [0.1, 0.15) is 29.8 Å². The highest BCUT2D eigenvalue weighted by Gasteiger charge is 2.67. The van der Waals surface area contributed by atoms with Crippen LogP contribution in [0.25, 0.3) is 27.4 Å². The summed E-state index contributed by atoms with van der Waals surface area (Å²) in [5.74, 6) is -3.92. The van der Waals surface area contributed by atoms with E-state index in [-0.39, 0.29) is 49.8 Å². The molecule has 2 aliphatic carbocycles. The van der Waals surface area contributed by atoms with Crippen molar-refractivity contribution in [1.29, 1.82) is 0 Å². The molecule has 3 aromatic carbocycles. The number of ether oxygens (including phenoxy) is 2. The van der Waals surface area contributed by atoms with Gasteiger partial charge in [0, 0.05) is 41.2 Å². The van der Waals surface area contributed by atoms with Crippen LogP contribution < -0.4 is 10.9 Å². The Morgan fingerprint density at radius 3 is 2.50 bits per heavy atom. The zero-order valence-electron chi connectivity index (χ0n) is 23.5. The molecule has 5 aromatic rings. The molecule has 2 N–H and O–H groups in total. The number of aromatic nitrogens is 2. The Labute approximate surface area is 247 Å². The molecule has 2 aromatic heterocycles. The smallest absolute Gasteiger partial charge is 0.342 e. The molecule has 1 aliphatic heterocycles. The fourth-order valence-corrected chi connectivity index (χ4v) is 7.84. The molecule has 11 nitrogen and oxygen atoms in total. The molecule has 2 bridgehead atoms. The fraction of sp³-hybridized carbons (Fsp3) is 0.212. The highest BCUT2D eigenvalue weighted by Crippen LogP contribution is 2.61. The summed E-state index contributed by atoms with van der Waals surface area (Å²) in [6, 6.07) is 7.59. The van der Waals surface area contributed by atoms with Crippen LogP contribution in [0.15, 0.2) is 52.3 Å². The first-order valence-corrected chi connectivity index (χ1v) is 13.9. The Balaban J connectivity index is 1.64. The standard InChI is InChI=1S/C33H22N2O9/c1-12-8-16(37)22-21-15(10-35(31(22)41)18-6-4-5-7-34-18)28(39)27-24(19(12)21)25-29(40)20-13(2)9-17(38)23-26(20)33(27,11-43-32(23)42)30(25)44-14(3)36/h4-10,25,30,38,41H,11H2,1-3H3/t25-,30-,33-/m0/s1. The summed E-state index contributed by atoms with van der Waals surface area (Å²) in [5, 5.41) is 22.9. The lowest BCUT2D eigenvalue weighted by Crippen LogP contribution is -2.55. The zero-order valence-corrected chi connectivity index (χ0v) is 23.5. The van der Waals surface area contributed by atoms with E-state index in [0.717, 1.165) is 0 Å². The number of benzene rings is 3. The third-order valence-corrected chi connectivity index (χ3v) is 9.33. The van der Waals surface area contributed by atoms with E-state index >= 15 is 0 Å². The van der Waals surface area contributed by atoms with E-state index in [9.17, 15) is 34.2 Å². The van der Waals surface area contributed by atoms with Crippen molar-refractivity contribution >= 4 is 39.3 Å². The summed E-state index contributed by atoms with van der Waals surface area (Å²) in [7, 11) is 0. The number of carbonyl (C=O) groups excluding carboxylic acids is 3. The van der Waals surface area contributed by atoms with Gasteiger partial charge in [0.15, 0.2) is 16.6 Å². The number of aromatic hydroxyl groups is 2. The average Bonchev–Trinajstić information content (AvgIpc) is 3.18. The number of cyclic esters (lactones) is 1. The number of hydrogen-bond donors (Lipinski definition) is 2. The van der Waals surface area contributed by atoms with Crippen LogP contribution in [-0.2, 0) is 19.7 Å². The summed E-state index contributed by atoms with van der Waals surface area (Å²) in [5.41, 5.74) is -1.67. The molecule has 3 atom stereocenters. The minimum atomic E-state index is -1.64. The van der Waals surface area contributed by atoms with Crippen LogP contribution in [0.3, 0.4) is 0 Å². The molecular formula is C33H22N2O9. The van der Waals surface area contributed by atoms with E-state index in [2.05, 4.69) is 4.98 Å². The molecule has 3 aliphatic rings. The van der Waals surface area contributed by atoms with Crippen molar-refractivity contribution in [2.75, 3.05) is 6.61 Å². The quantitative estimate of drug-likeness (QED) is 0.292. The number of ketones is 1. The Kier molecular flexibility index (Phi) is 4.91. The van der Waals surface area contributed by atoms with E-state index in [1.807, 2.05) is 0 Å². The molecule has 1 spiro atoms. The molecule has 8 rings (SSSR count). The second kappa shape index (κ2) is 8.28. The van der Waals surface area contributed by atoms with Gasteiger partial charge in [-0.05, 0) is 65.8 Å². The van der Waals surface area contributed by atoms with Crippen LogP contribution in [0.4, 0.5) is 0 Å². The lowest BCUT2D eigenvalue weighted by atomic mass is 9.63. The van der Waals surface area contributed by atoms with Crippen LogP contribution in [0.5, 0.6) is 11.6 Å². The molecule has 0 fully saturated rings. The molecule has 44 heavy (non-hydrogen) atoms. The predicted octanol–water partition coefficient (Wildman–Crippen LogP) is 3.05. The number of fused-ring (bicyclic) bond motifs is 4. The van der Waals surface area contributed by atoms with Crippen LogP contribution in [0.2, 0.25) is 0 Å². The van der Waals surface area contributed by atoms with Gasteiger partial charge in [-0.1, -0.05) is 6.07 Å². The number of aryl methyl sites for hydroxylation is 2. The van der Waals surface area contributed by atoms with Gasteiger partial charge in [0.2, 0.25) is 5.88 Å². The molecule has 0 saturated carbocycles. The number of Topliss-reactive ketones (excluding diaryl/α,β-unsaturated/α-hetero) is 1. The second-order valence-corrected chi connectivity index (χ2v) is 11.6. The monoisotopic (exact) mass is 590 g/mol. The second-order valence-electron chi connectivity index (χ2n) is 11.6. The minimum Gasteiger partial charge on any atom is -0.507 e. The number of rotatable bonds is 2. The highest BCUT2D eigenvalue weighted by atomic mass is 16.6. The van der Waals surface area contributed by atoms with Crippen molar-refractivity contribution in [2.45, 2.75) is 38.2 Å². The number of esters is 2. The van der Waals surface area contributed by atoms with Gasteiger partial charge in [-0.15, -0.1) is 0 Å². The van der Waals surface area contributed by atoms with Gasteiger partial charge in [0.25, 0.3) is 0 Å². The Hall–Kier alpha value is -5.58. The van der Waals surface area contributed by atoms with E-state index < -0.39 is 64.3 Å². The van der Waals surface area contributed by atoms with E-state index in [4.69, 9.17) is 9.47 Å². The summed E-state index contributed by atoms with van der Waals surface area (Å²) in [6.07, 6.45) is 1.59. The number of phenols is 1. The molecule has 3 heterocycles. The molecule has 0 radical (unpaired) electrons. The Bertz CT molecular complexity index is 2330. The topological polar surface area (TPSA) is 162 Å². The Morgan fingerprint density at radius 2 is 1.80 bits per heavy atom. The summed E-state index contributed by atoms with van der Waals surface area (Å²) >= 11 is 0. The van der Waals surface area contributed by atoms with E-state index in [1.54, 1.807) is 32.0 Å². The van der Waals surface area contributed by atoms with Crippen molar-refractivity contribution in [2.24, 2.45) is 0 Å². The number of hydrogen-bond acceptors (Lipinski definition) is 10. The normalized spacial score (nSPS) is 21.3. The third kappa shape index (κ3) is 2.86. The zero-order chi connectivity index (χ0) is 31.0. The molecule has 11 heteroatoms. The number of carbonyl (C=O) groups is 3. The molecule has 0 amide bonds. The van der Waals surface area contributed by atoms with Crippen molar-refractivity contribution < 1.29 is 34.1 Å². The Morgan fingerprint density at radius 1 is 1.02 bits per heavy atom. The number of pyridine rings is 2.